The van der Waals surface area contributed by atoms with Gasteiger partial charge < -0.3 is 20.2 Å². The molecule has 6 heteroatoms. The quantitative estimate of drug-likeness (QED) is 0.486. The molecule has 2 heterocycles. The van der Waals surface area contributed by atoms with Crippen molar-refractivity contribution < 1.29 is 9.47 Å². The van der Waals surface area contributed by atoms with E-state index < -0.39 is 0 Å². The van der Waals surface area contributed by atoms with Crippen LogP contribution in [0.2, 0.25) is 5.02 Å². The van der Waals surface area contributed by atoms with Crippen molar-refractivity contribution in [3.63, 3.8) is 0 Å². The Morgan fingerprint density at radius 1 is 1.12 bits per heavy atom. The van der Waals surface area contributed by atoms with Crippen molar-refractivity contribution in [2.24, 2.45) is 0 Å². The molecular weight excluding hydrogens is 350 g/mol. The molecule has 0 saturated heterocycles. The fourth-order valence-corrected chi connectivity index (χ4v) is 3.42. The number of nitrogens with one attached hydrogen (secondary N) is 1. The van der Waals surface area contributed by atoms with Crippen LogP contribution in [0.25, 0.3) is 21.8 Å². The molecule has 0 saturated carbocycles. The Hall–Kier alpha value is -2.76. The normalized spacial score (nSPS) is 11.3. The molecule has 3 N–H and O–H groups in total. The number of nitrogen functional groups attached to an aromatic ring is 1. The van der Waals surface area contributed by atoms with Gasteiger partial charge in [0.1, 0.15) is 11.5 Å². The van der Waals surface area contributed by atoms with Gasteiger partial charge in [-0.25, -0.2) is 0 Å². The summed E-state index contributed by atoms with van der Waals surface area (Å²) < 4.78 is 11.5. The molecule has 4 aromatic rings. The number of nitrogens with zero attached hydrogens (tertiary/aromatic N) is 1. The van der Waals surface area contributed by atoms with Crippen LogP contribution in [0.3, 0.4) is 0 Å². The molecule has 0 aliphatic rings. The average Bonchev–Trinajstić information content (AvgIpc) is 3.00. The van der Waals surface area contributed by atoms with Crippen LogP contribution in [0.4, 0.5) is 5.69 Å². The zero-order valence-electron chi connectivity index (χ0n) is 14.5. The highest BCUT2D eigenvalue weighted by Gasteiger charge is 2.16. The Balaban J connectivity index is 1.96. The number of ether oxygens (including phenoxy) is 2. The van der Waals surface area contributed by atoms with E-state index in [1.165, 1.54) is 0 Å². The maximum atomic E-state index is 6.29. The third-order valence-electron chi connectivity index (χ3n) is 4.41. The van der Waals surface area contributed by atoms with E-state index in [1.54, 1.807) is 25.3 Å². The number of benzene rings is 2. The molecule has 0 unspecified atom stereocenters. The first-order valence-corrected chi connectivity index (χ1v) is 8.57. The van der Waals surface area contributed by atoms with Crippen LogP contribution in [0.15, 0.2) is 42.6 Å². The first-order chi connectivity index (χ1) is 12.6. The summed E-state index contributed by atoms with van der Waals surface area (Å²) in [4.78, 5) is 7.87. The molecule has 0 radical (unpaired) electrons. The molecule has 2 aromatic carbocycles. The number of hydrogen-bond acceptors (Lipinski definition) is 4. The number of hydrogen-bond donors (Lipinski definition) is 2. The summed E-state index contributed by atoms with van der Waals surface area (Å²) in [5.74, 6) is 1.27. The van der Waals surface area contributed by atoms with Crippen LogP contribution in [0, 0.1) is 6.92 Å². The number of H-pyrrole nitrogens is 1. The van der Waals surface area contributed by atoms with Crippen LogP contribution in [-0.2, 0) is 11.3 Å². The number of aryl methyl sites for hydroxylation is 1. The lowest BCUT2D eigenvalue weighted by Gasteiger charge is -2.11. The van der Waals surface area contributed by atoms with Gasteiger partial charge >= 0.3 is 0 Å². The molecule has 0 atom stereocenters. The molecule has 132 valence electrons. The first-order valence-electron chi connectivity index (χ1n) is 8.19. The fourth-order valence-electron chi connectivity index (χ4n) is 3.19. The van der Waals surface area contributed by atoms with Crippen molar-refractivity contribution in [3.05, 3.63) is 58.9 Å². The zero-order valence-corrected chi connectivity index (χ0v) is 15.2. The summed E-state index contributed by atoms with van der Waals surface area (Å²) in [5, 5.41) is 2.50. The minimum Gasteiger partial charge on any atom is -0.455 e. The Morgan fingerprint density at radius 2 is 1.96 bits per heavy atom. The molecule has 0 aliphatic heterocycles. The number of aromatic nitrogens is 2. The zero-order chi connectivity index (χ0) is 18.3. The van der Waals surface area contributed by atoms with Gasteiger partial charge in [0.25, 0.3) is 0 Å². The number of methoxy groups -OCH3 is 1. The lowest BCUT2D eigenvalue weighted by atomic mass is 10.1. The van der Waals surface area contributed by atoms with Crippen molar-refractivity contribution in [1.29, 1.82) is 0 Å². The van der Waals surface area contributed by atoms with Gasteiger partial charge in [0, 0.05) is 29.4 Å². The monoisotopic (exact) mass is 367 g/mol. The van der Waals surface area contributed by atoms with Crippen LogP contribution in [0.5, 0.6) is 11.5 Å². The fraction of sp³-hybridized carbons (Fsp3) is 0.150. The largest absolute Gasteiger partial charge is 0.455 e. The highest BCUT2D eigenvalue weighted by atomic mass is 35.5. The highest BCUT2D eigenvalue weighted by Crippen LogP contribution is 2.39. The number of rotatable bonds is 4. The molecule has 0 bridgehead atoms. The Morgan fingerprint density at radius 3 is 2.73 bits per heavy atom. The van der Waals surface area contributed by atoms with Gasteiger partial charge in [-0.1, -0.05) is 17.7 Å². The standard InChI is InChI=1S/C20H18ClN3O2/c1-11-13(10-25-2)19-16(9-23-11)24-15-4-3-5-18(20(15)19)26-17-7-6-12(22)8-14(17)21/h3-9,24H,10,22H2,1-2H3. The van der Waals surface area contributed by atoms with Gasteiger partial charge in [-0.3, -0.25) is 4.98 Å². The van der Waals surface area contributed by atoms with Crippen LogP contribution < -0.4 is 10.5 Å². The molecule has 26 heavy (non-hydrogen) atoms. The predicted molar refractivity (Wildman–Crippen MR) is 105 cm³/mol. The molecule has 4 rings (SSSR count). The third kappa shape index (κ3) is 2.75. The second-order valence-electron chi connectivity index (χ2n) is 6.14. The van der Waals surface area contributed by atoms with Crippen molar-refractivity contribution in [2.75, 3.05) is 12.8 Å². The summed E-state index contributed by atoms with van der Waals surface area (Å²) in [6.45, 7) is 2.45. The van der Waals surface area contributed by atoms with E-state index in [9.17, 15) is 0 Å². The number of halogens is 1. The minimum absolute atomic E-state index is 0.469. The maximum Gasteiger partial charge on any atom is 0.146 e. The molecule has 0 aliphatic carbocycles. The van der Waals surface area contributed by atoms with Crippen LogP contribution in [-0.4, -0.2) is 17.1 Å². The lowest BCUT2D eigenvalue weighted by molar-refractivity contribution is 0.185. The van der Waals surface area contributed by atoms with Crippen molar-refractivity contribution in [1.82, 2.24) is 9.97 Å². The van der Waals surface area contributed by atoms with Crippen molar-refractivity contribution in [2.45, 2.75) is 13.5 Å². The third-order valence-corrected chi connectivity index (χ3v) is 4.70. The first kappa shape index (κ1) is 16.7. The van der Waals surface area contributed by atoms with Crippen molar-refractivity contribution >= 4 is 39.1 Å². The maximum absolute atomic E-state index is 6.29. The van der Waals surface area contributed by atoms with Gasteiger partial charge in [-0.2, -0.15) is 0 Å². The van der Waals surface area contributed by atoms with E-state index in [0.717, 1.165) is 33.1 Å². The Labute approximate surface area is 155 Å². The van der Waals surface area contributed by atoms with Gasteiger partial charge in [0.15, 0.2) is 0 Å². The number of anilines is 1. The van der Waals surface area contributed by atoms with E-state index in [-0.39, 0.29) is 0 Å². The minimum atomic E-state index is 0.469. The number of aromatic amines is 1. The van der Waals surface area contributed by atoms with Crippen LogP contribution >= 0.6 is 11.6 Å². The molecular formula is C20H18ClN3O2. The van der Waals surface area contributed by atoms with Gasteiger partial charge in [-0.05, 0) is 37.3 Å². The van der Waals surface area contributed by atoms with Gasteiger partial charge in [0.05, 0.1) is 34.2 Å². The second kappa shape index (κ2) is 6.52. The van der Waals surface area contributed by atoms with E-state index in [1.807, 2.05) is 31.3 Å². The summed E-state index contributed by atoms with van der Waals surface area (Å²) in [7, 11) is 1.68. The average molecular weight is 368 g/mol. The number of pyridine rings is 1. The number of fused-ring (bicyclic) bond motifs is 3. The molecule has 5 nitrogen and oxygen atoms in total. The van der Waals surface area contributed by atoms with E-state index in [2.05, 4.69) is 9.97 Å². The van der Waals surface area contributed by atoms with E-state index in [0.29, 0.717) is 28.8 Å². The summed E-state index contributed by atoms with van der Waals surface area (Å²) in [5.41, 5.74) is 10.2. The van der Waals surface area contributed by atoms with Gasteiger partial charge in [-0.15, -0.1) is 0 Å². The van der Waals surface area contributed by atoms with Crippen molar-refractivity contribution in [3.8, 4) is 11.5 Å². The second-order valence-corrected chi connectivity index (χ2v) is 6.55. The Kier molecular flexibility index (Phi) is 4.18. The topological polar surface area (TPSA) is 73.2 Å². The SMILES string of the molecule is COCc1c(C)ncc2[nH]c3cccc(Oc4ccc(N)cc4Cl)c3c12. The van der Waals surface area contributed by atoms with Gasteiger partial charge in [0.2, 0.25) is 0 Å². The predicted octanol–water partition coefficient (Wildman–Crippen LogP) is 5.20. The Bertz CT molecular complexity index is 1120. The van der Waals surface area contributed by atoms with E-state index >= 15 is 0 Å². The van der Waals surface area contributed by atoms with E-state index in [4.69, 9.17) is 26.8 Å². The smallest absolute Gasteiger partial charge is 0.146 e. The number of nitrogens with two attached hydrogens (primary N) is 1. The summed E-state index contributed by atoms with van der Waals surface area (Å²) >= 11 is 6.29. The lowest BCUT2D eigenvalue weighted by Crippen LogP contribution is -1.96. The molecule has 0 spiro atoms. The highest BCUT2D eigenvalue weighted by molar-refractivity contribution is 6.32. The molecule has 0 fully saturated rings. The molecule has 2 aromatic heterocycles. The molecule has 0 amide bonds. The summed E-state index contributed by atoms with van der Waals surface area (Å²) in [6.07, 6.45) is 1.84. The summed E-state index contributed by atoms with van der Waals surface area (Å²) in [6, 6.07) is 11.1. The van der Waals surface area contributed by atoms with Crippen LogP contribution in [0.1, 0.15) is 11.3 Å².